The lowest BCUT2D eigenvalue weighted by Gasteiger charge is -2.05. The van der Waals surface area contributed by atoms with Crippen LogP contribution in [0.25, 0.3) is 0 Å². The smallest absolute Gasteiger partial charge is 0.307 e. The zero-order valence-corrected chi connectivity index (χ0v) is 10.4. The molecular formula is C14H15N3O2. The first-order chi connectivity index (χ1) is 9.24. The molecule has 19 heavy (non-hydrogen) atoms. The SMILES string of the molecule is O=C(O)Cc1ccc(CNCc2ccncn2)cc1. The molecule has 0 aliphatic heterocycles. The van der Waals surface area contributed by atoms with E-state index < -0.39 is 5.97 Å². The molecule has 5 nitrogen and oxygen atoms in total. The van der Waals surface area contributed by atoms with E-state index in [1.165, 1.54) is 6.33 Å². The van der Waals surface area contributed by atoms with Crippen molar-refractivity contribution >= 4 is 5.97 Å². The number of aliphatic carboxylic acids is 1. The third kappa shape index (κ3) is 4.48. The van der Waals surface area contributed by atoms with Crippen molar-refractivity contribution in [2.45, 2.75) is 19.5 Å². The first-order valence-electron chi connectivity index (χ1n) is 5.99. The molecule has 0 spiro atoms. The Labute approximate surface area is 111 Å². The van der Waals surface area contributed by atoms with Gasteiger partial charge in [-0.2, -0.15) is 0 Å². The average molecular weight is 257 g/mol. The highest BCUT2D eigenvalue weighted by Crippen LogP contribution is 2.05. The minimum Gasteiger partial charge on any atom is -0.481 e. The summed E-state index contributed by atoms with van der Waals surface area (Å²) in [7, 11) is 0. The molecule has 0 amide bonds. The van der Waals surface area contributed by atoms with Gasteiger partial charge in [0, 0.05) is 19.3 Å². The molecule has 1 heterocycles. The minimum atomic E-state index is -0.811. The lowest BCUT2D eigenvalue weighted by Crippen LogP contribution is -2.13. The Morgan fingerprint density at radius 2 is 1.84 bits per heavy atom. The number of hydrogen-bond donors (Lipinski definition) is 2. The van der Waals surface area contributed by atoms with Gasteiger partial charge in [-0.3, -0.25) is 4.79 Å². The number of hydrogen-bond acceptors (Lipinski definition) is 4. The van der Waals surface area contributed by atoms with Crippen LogP contribution >= 0.6 is 0 Å². The van der Waals surface area contributed by atoms with Crippen molar-refractivity contribution in [3.8, 4) is 0 Å². The predicted molar refractivity (Wildman–Crippen MR) is 70.4 cm³/mol. The molecule has 5 heteroatoms. The molecule has 0 aliphatic rings. The van der Waals surface area contributed by atoms with Gasteiger partial charge in [0.2, 0.25) is 0 Å². The maximum Gasteiger partial charge on any atom is 0.307 e. The Bertz CT molecular complexity index is 526. The predicted octanol–water partition coefficient (Wildman–Crippen LogP) is 1.39. The topological polar surface area (TPSA) is 75.1 Å². The van der Waals surface area contributed by atoms with Crippen molar-refractivity contribution in [1.29, 1.82) is 0 Å². The van der Waals surface area contributed by atoms with E-state index in [2.05, 4.69) is 15.3 Å². The Hall–Kier alpha value is -2.27. The normalized spacial score (nSPS) is 10.3. The summed E-state index contributed by atoms with van der Waals surface area (Å²) in [4.78, 5) is 18.5. The molecule has 1 aromatic carbocycles. The van der Waals surface area contributed by atoms with Gasteiger partial charge in [0.05, 0.1) is 12.1 Å². The van der Waals surface area contributed by atoms with Gasteiger partial charge < -0.3 is 10.4 Å². The third-order valence-corrected chi connectivity index (χ3v) is 2.66. The Morgan fingerprint density at radius 1 is 1.11 bits per heavy atom. The molecule has 0 unspecified atom stereocenters. The maximum atomic E-state index is 10.6. The Kier molecular flexibility index (Phi) is 4.58. The number of nitrogens with zero attached hydrogens (tertiary/aromatic N) is 2. The fourth-order valence-corrected chi connectivity index (χ4v) is 1.71. The summed E-state index contributed by atoms with van der Waals surface area (Å²) in [6.45, 7) is 1.40. The molecule has 0 saturated heterocycles. The van der Waals surface area contributed by atoms with Crippen LogP contribution in [0, 0.1) is 0 Å². The molecule has 0 saturated carbocycles. The second kappa shape index (κ2) is 6.61. The molecule has 0 fully saturated rings. The van der Waals surface area contributed by atoms with Crippen molar-refractivity contribution in [2.24, 2.45) is 0 Å². The summed E-state index contributed by atoms with van der Waals surface area (Å²) in [6.07, 6.45) is 3.30. The third-order valence-electron chi connectivity index (χ3n) is 2.66. The highest BCUT2D eigenvalue weighted by Gasteiger charge is 2.00. The van der Waals surface area contributed by atoms with Crippen molar-refractivity contribution in [1.82, 2.24) is 15.3 Å². The van der Waals surface area contributed by atoms with Gasteiger partial charge in [-0.15, -0.1) is 0 Å². The highest BCUT2D eigenvalue weighted by molar-refractivity contribution is 5.70. The fraction of sp³-hybridized carbons (Fsp3) is 0.214. The summed E-state index contributed by atoms with van der Waals surface area (Å²) in [5, 5.41) is 12.0. The number of benzene rings is 1. The van der Waals surface area contributed by atoms with E-state index in [9.17, 15) is 4.79 Å². The van der Waals surface area contributed by atoms with E-state index in [4.69, 9.17) is 5.11 Å². The Balaban J connectivity index is 1.81. The summed E-state index contributed by atoms with van der Waals surface area (Å²) in [6, 6.07) is 9.42. The lowest BCUT2D eigenvalue weighted by atomic mass is 10.1. The van der Waals surface area contributed by atoms with E-state index in [1.807, 2.05) is 30.3 Å². The van der Waals surface area contributed by atoms with Crippen LogP contribution in [-0.2, 0) is 24.3 Å². The molecule has 1 aromatic heterocycles. The largest absolute Gasteiger partial charge is 0.481 e. The number of carbonyl (C=O) groups is 1. The van der Waals surface area contributed by atoms with Gasteiger partial charge >= 0.3 is 5.97 Å². The molecule has 2 aromatic rings. The number of carboxylic acids is 1. The summed E-state index contributed by atoms with van der Waals surface area (Å²) in [5.41, 5.74) is 2.87. The second-order valence-corrected chi connectivity index (χ2v) is 4.19. The number of rotatable bonds is 6. The van der Waals surface area contributed by atoms with Crippen LogP contribution in [0.5, 0.6) is 0 Å². The van der Waals surface area contributed by atoms with Gasteiger partial charge in [0.25, 0.3) is 0 Å². The van der Waals surface area contributed by atoms with Gasteiger partial charge in [0.1, 0.15) is 6.33 Å². The maximum absolute atomic E-state index is 10.6. The first-order valence-corrected chi connectivity index (χ1v) is 5.99. The van der Waals surface area contributed by atoms with E-state index in [1.54, 1.807) is 6.20 Å². The second-order valence-electron chi connectivity index (χ2n) is 4.19. The molecule has 0 aliphatic carbocycles. The zero-order chi connectivity index (χ0) is 13.5. The van der Waals surface area contributed by atoms with Crippen LogP contribution in [0.15, 0.2) is 42.9 Å². The van der Waals surface area contributed by atoms with Gasteiger partial charge in [-0.05, 0) is 17.2 Å². The van der Waals surface area contributed by atoms with Crippen LogP contribution in [-0.4, -0.2) is 21.0 Å². The summed E-state index contributed by atoms with van der Waals surface area (Å²) >= 11 is 0. The monoisotopic (exact) mass is 257 g/mol. The van der Waals surface area contributed by atoms with Gasteiger partial charge in [0.15, 0.2) is 0 Å². The van der Waals surface area contributed by atoms with Crippen LogP contribution in [0.1, 0.15) is 16.8 Å². The Morgan fingerprint density at radius 3 is 2.47 bits per heavy atom. The van der Waals surface area contributed by atoms with E-state index in [-0.39, 0.29) is 6.42 Å². The van der Waals surface area contributed by atoms with Crippen LogP contribution < -0.4 is 5.32 Å². The van der Waals surface area contributed by atoms with Crippen LogP contribution in [0.4, 0.5) is 0 Å². The molecule has 0 atom stereocenters. The minimum absolute atomic E-state index is 0.0641. The number of carboxylic acid groups (broad SMARTS) is 1. The zero-order valence-electron chi connectivity index (χ0n) is 10.4. The fourth-order valence-electron chi connectivity index (χ4n) is 1.71. The van der Waals surface area contributed by atoms with Gasteiger partial charge in [-0.1, -0.05) is 24.3 Å². The van der Waals surface area contributed by atoms with Crippen molar-refractivity contribution in [3.63, 3.8) is 0 Å². The summed E-state index contributed by atoms with van der Waals surface area (Å²) < 4.78 is 0. The van der Waals surface area contributed by atoms with Crippen molar-refractivity contribution in [3.05, 3.63) is 59.7 Å². The standard InChI is InChI=1S/C14H15N3O2/c18-14(19)7-11-1-3-12(4-2-11)8-16-9-13-5-6-15-10-17-13/h1-6,10,16H,7-9H2,(H,18,19). The quantitative estimate of drug-likeness (QED) is 0.818. The molecule has 2 rings (SSSR count). The first kappa shape index (κ1) is 13.2. The van der Waals surface area contributed by atoms with Crippen molar-refractivity contribution < 1.29 is 9.90 Å². The summed E-state index contributed by atoms with van der Waals surface area (Å²) in [5.74, 6) is -0.811. The highest BCUT2D eigenvalue weighted by atomic mass is 16.4. The molecule has 98 valence electrons. The number of nitrogens with one attached hydrogen (secondary N) is 1. The molecular weight excluding hydrogens is 242 g/mol. The van der Waals surface area contributed by atoms with Gasteiger partial charge in [-0.25, -0.2) is 9.97 Å². The molecule has 2 N–H and O–H groups in total. The van der Waals surface area contributed by atoms with E-state index in [0.717, 1.165) is 23.4 Å². The number of aromatic nitrogens is 2. The van der Waals surface area contributed by atoms with Crippen molar-refractivity contribution in [2.75, 3.05) is 0 Å². The van der Waals surface area contributed by atoms with Crippen LogP contribution in [0.3, 0.4) is 0 Å². The lowest BCUT2D eigenvalue weighted by molar-refractivity contribution is -0.136. The molecule has 0 bridgehead atoms. The van der Waals surface area contributed by atoms with E-state index in [0.29, 0.717) is 6.54 Å². The molecule has 0 radical (unpaired) electrons. The van der Waals surface area contributed by atoms with Crippen LogP contribution in [0.2, 0.25) is 0 Å². The average Bonchev–Trinajstić information content (AvgIpc) is 2.41. The van der Waals surface area contributed by atoms with E-state index >= 15 is 0 Å².